The summed E-state index contributed by atoms with van der Waals surface area (Å²) in [5, 5.41) is 0. The van der Waals surface area contributed by atoms with Crippen molar-refractivity contribution in [3.05, 3.63) is 0 Å². The number of hydrogen-bond acceptors (Lipinski definition) is 2. The summed E-state index contributed by atoms with van der Waals surface area (Å²) in [5.41, 5.74) is 0. The molecule has 0 aromatic heterocycles. The van der Waals surface area contributed by atoms with Crippen molar-refractivity contribution in [3.63, 3.8) is 0 Å². The van der Waals surface area contributed by atoms with Gasteiger partial charge in [0, 0.05) is 0 Å². The van der Waals surface area contributed by atoms with Crippen molar-refractivity contribution in [1.29, 1.82) is 0 Å². The van der Waals surface area contributed by atoms with E-state index >= 15 is 0 Å². The van der Waals surface area contributed by atoms with Gasteiger partial charge in [-0.2, -0.15) is 0 Å². The van der Waals surface area contributed by atoms with Gasteiger partial charge in [-0.1, -0.05) is 38.8 Å². The fraction of sp³-hybridized carbons (Fsp3) is 1.00. The maximum Gasteiger partial charge on any atom is 0.0675 e. The van der Waals surface area contributed by atoms with Gasteiger partial charge in [0.1, 0.15) is 0 Å². The van der Waals surface area contributed by atoms with Crippen molar-refractivity contribution in [2.75, 3.05) is 62.5 Å². The fourth-order valence-corrected chi connectivity index (χ4v) is 1.15. The molecule has 0 rings (SSSR count). The average molecular weight is 296 g/mol. The van der Waals surface area contributed by atoms with Gasteiger partial charge in [0.05, 0.1) is 56.4 Å². The van der Waals surface area contributed by atoms with Crippen molar-refractivity contribution in [3.8, 4) is 0 Å². The number of nitrogens with zero attached hydrogens (tertiary/aromatic N) is 2. The van der Waals surface area contributed by atoms with Crippen LogP contribution in [0.1, 0.15) is 32.6 Å². The van der Waals surface area contributed by atoms with Crippen molar-refractivity contribution in [2.45, 2.75) is 32.6 Å². The molecule has 0 spiro atoms. The van der Waals surface area contributed by atoms with Gasteiger partial charge in [0.2, 0.25) is 0 Å². The van der Waals surface area contributed by atoms with Crippen LogP contribution in [0.5, 0.6) is 0 Å². The molecule has 0 aromatic rings. The standard InChI is InChI=1S/C6H13O2P.2C4H12N/c1-2-3-4-5-6-9(7)8;2*1-5(2,3)4/h2-6H2,1H3;2*1-4H3/q-2;2*+1. The van der Waals surface area contributed by atoms with Gasteiger partial charge in [-0.25, -0.2) is 0 Å². The highest BCUT2D eigenvalue weighted by Crippen LogP contribution is 2.14. The second-order valence-corrected chi connectivity index (χ2v) is 8.60. The van der Waals surface area contributed by atoms with E-state index in [0.717, 1.165) is 34.6 Å². The smallest absolute Gasteiger partial charge is 0.0675 e. The lowest BCUT2D eigenvalue weighted by Gasteiger charge is -2.30. The first-order valence-corrected chi connectivity index (χ1v) is 8.33. The third-order valence-corrected chi connectivity index (χ3v) is 1.88. The summed E-state index contributed by atoms with van der Waals surface area (Å²) >= 11 is 0. The molecule has 0 bridgehead atoms. The minimum Gasteiger partial charge on any atom is -0.842 e. The summed E-state index contributed by atoms with van der Waals surface area (Å²) in [6.07, 6.45) is 4.58. The average Bonchev–Trinajstić information content (AvgIpc) is 2.06. The van der Waals surface area contributed by atoms with Crippen LogP contribution in [0.4, 0.5) is 0 Å². The maximum absolute atomic E-state index is 10.00. The van der Waals surface area contributed by atoms with E-state index in [4.69, 9.17) is 0 Å². The van der Waals surface area contributed by atoms with Crippen molar-refractivity contribution in [1.82, 2.24) is 0 Å². The van der Waals surface area contributed by atoms with Crippen molar-refractivity contribution in [2.24, 2.45) is 0 Å². The van der Waals surface area contributed by atoms with Gasteiger partial charge >= 0.3 is 0 Å². The lowest BCUT2D eigenvalue weighted by Crippen LogP contribution is -2.27. The van der Waals surface area contributed by atoms with Crippen LogP contribution in [0.15, 0.2) is 0 Å². The van der Waals surface area contributed by atoms with Crippen LogP contribution in [0.2, 0.25) is 0 Å². The fourth-order valence-electron chi connectivity index (χ4n) is 0.668. The summed E-state index contributed by atoms with van der Waals surface area (Å²) < 4.78 is 2.00. The lowest BCUT2D eigenvalue weighted by molar-refractivity contribution is -0.849. The zero-order valence-electron chi connectivity index (χ0n) is 14.7. The molecule has 0 fully saturated rings. The second kappa shape index (κ2) is 13.3. The van der Waals surface area contributed by atoms with Crippen LogP contribution >= 0.6 is 8.38 Å². The van der Waals surface area contributed by atoms with E-state index in [0.29, 0.717) is 6.16 Å². The Morgan fingerprint density at radius 2 is 1.00 bits per heavy atom. The molecule has 0 N–H and O–H groups in total. The van der Waals surface area contributed by atoms with Gasteiger partial charge in [0.25, 0.3) is 0 Å². The van der Waals surface area contributed by atoms with Gasteiger partial charge < -0.3 is 27.1 Å². The molecule has 0 atom stereocenters. The van der Waals surface area contributed by atoms with E-state index in [2.05, 4.69) is 63.3 Å². The van der Waals surface area contributed by atoms with Crippen LogP contribution in [0, 0.1) is 0 Å². The van der Waals surface area contributed by atoms with E-state index < -0.39 is 8.38 Å². The zero-order chi connectivity index (χ0) is 16.1. The van der Waals surface area contributed by atoms with E-state index in [9.17, 15) is 9.79 Å². The first-order valence-electron chi connectivity index (χ1n) is 6.97. The summed E-state index contributed by atoms with van der Waals surface area (Å²) in [6, 6.07) is 0. The minimum absolute atomic E-state index is 0.370. The van der Waals surface area contributed by atoms with E-state index in [1.807, 2.05) is 0 Å². The molecule has 4 nitrogen and oxygen atoms in total. The first-order chi connectivity index (χ1) is 8.27. The van der Waals surface area contributed by atoms with Crippen LogP contribution in [-0.4, -0.2) is 71.5 Å². The Hall–Kier alpha value is 0.270. The summed E-state index contributed by atoms with van der Waals surface area (Å²) in [7, 11) is 14.9. The highest BCUT2D eigenvalue weighted by molar-refractivity contribution is 7.41. The molecule has 0 aliphatic rings. The maximum atomic E-state index is 10.00. The van der Waals surface area contributed by atoms with Crippen LogP contribution in [0.3, 0.4) is 0 Å². The number of hydrogen-bond donors (Lipinski definition) is 0. The van der Waals surface area contributed by atoms with Crippen LogP contribution in [0.25, 0.3) is 0 Å². The second-order valence-electron chi connectivity index (χ2n) is 7.48. The summed E-state index contributed by atoms with van der Waals surface area (Å²) in [6.45, 7) is 2.11. The van der Waals surface area contributed by atoms with Crippen LogP contribution < -0.4 is 9.79 Å². The van der Waals surface area contributed by atoms with Crippen molar-refractivity contribution < 1.29 is 18.8 Å². The highest BCUT2D eigenvalue weighted by atomic mass is 31.2. The van der Waals surface area contributed by atoms with Gasteiger partial charge in [-0.15, -0.1) is 0 Å². The predicted molar refractivity (Wildman–Crippen MR) is 83.8 cm³/mol. The Balaban J connectivity index is -0.000000219. The predicted octanol–water partition coefficient (Wildman–Crippen LogP) is 1.24. The molecule has 0 heterocycles. The molecular formula is C14H37N2O2P. The lowest BCUT2D eigenvalue weighted by atomic mass is 10.2. The molecule has 0 saturated carbocycles. The van der Waals surface area contributed by atoms with Crippen molar-refractivity contribution >= 4 is 8.38 Å². The quantitative estimate of drug-likeness (QED) is 0.435. The topological polar surface area (TPSA) is 46.1 Å². The van der Waals surface area contributed by atoms with Gasteiger partial charge in [-0.05, 0) is 0 Å². The Labute approximate surface area is 123 Å². The van der Waals surface area contributed by atoms with E-state index in [-0.39, 0.29) is 0 Å². The Kier molecular flexibility index (Phi) is 17.0. The molecule has 5 heteroatoms. The summed E-state index contributed by atoms with van der Waals surface area (Å²) in [5.74, 6) is 0. The van der Waals surface area contributed by atoms with Crippen LogP contribution in [-0.2, 0) is 0 Å². The molecule has 0 aliphatic carbocycles. The molecule has 0 amide bonds. The normalized spacial score (nSPS) is 11.4. The number of rotatable bonds is 5. The molecular weight excluding hydrogens is 259 g/mol. The first kappa shape index (κ1) is 24.3. The van der Waals surface area contributed by atoms with Gasteiger partial charge in [0.15, 0.2) is 0 Å². The molecule has 0 aromatic carbocycles. The molecule has 120 valence electrons. The largest absolute Gasteiger partial charge is 0.842 e. The zero-order valence-corrected chi connectivity index (χ0v) is 15.6. The molecule has 0 radical (unpaired) electrons. The monoisotopic (exact) mass is 296 g/mol. The van der Waals surface area contributed by atoms with E-state index in [1.54, 1.807) is 0 Å². The molecule has 19 heavy (non-hydrogen) atoms. The van der Waals surface area contributed by atoms with Gasteiger partial charge in [-0.3, -0.25) is 0 Å². The Bertz CT molecular complexity index is 151. The Morgan fingerprint density at radius 1 is 0.684 bits per heavy atom. The number of quaternary nitrogens is 2. The highest BCUT2D eigenvalue weighted by Gasteiger charge is 1.88. The molecule has 0 unspecified atom stereocenters. The molecule has 0 saturated heterocycles. The van der Waals surface area contributed by atoms with E-state index in [1.165, 1.54) is 0 Å². The SMILES string of the molecule is CCCCCCP([O-])[O-].C[N+](C)(C)C.C[N+](C)(C)C. The minimum atomic E-state index is -2.12. The third kappa shape index (κ3) is 123. The summed E-state index contributed by atoms with van der Waals surface area (Å²) in [4.78, 5) is 20.0. The number of unbranched alkanes of at least 4 members (excludes halogenated alkanes) is 3. The Morgan fingerprint density at radius 3 is 1.21 bits per heavy atom. The molecule has 0 aliphatic heterocycles. The third-order valence-electron chi connectivity index (χ3n) is 1.19.